The van der Waals surface area contributed by atoms with Crippen LogP contribution in [0.3, 0.4) is 0 Å². The Balaban J connectivity index is 1.93. The summed E-state index contributed by atoms with van der Waals surface area (Å²) in [4.78, 5) is 18.0. The molecule has 0 radical (unpaired) electrons. The average molecular weight is 515 g/mol. The number of rotatable bonds is 8. The SMILES string of the molecule is CN/C(C)=C1/C=C(n2nc3ccc(OCC(F)F)nc3c(-c3ccc(OC(F)F)cc3)c2=O)C=CC1=N. The fourth-order valence-electron chi connectivity index (χ4n) is 3.63. The van der Waals surface area contributed by atoms with Crippen LogP contribution in [0.2, 0.25) is 0 Å². The quantitative estimate of drug-likeness (QED) is 0.425. The van der Waals surface area contributed by atoms with Crippen LogP contribution in [0.4, 0.5) is 17.6 Å². The molecule has 3 aromatic rings. The van der Waals surface area contributed by atoms with Crippen LogP contribution < -0.4 is 20.3 Å². The van der Waals surface area contributed by atoms with E-state index in [9.17, 15) is 22.4 Å². The van der Waals surface area contributed by atoms with Crippen molar-refractivity contribution in [3.8, 4) is 22.8 Å². The smallest absolute Gasteiger partial charge is 0.387 e. The van der Waals surface area contributed by atoms with Gasteiger partial charge >= 0.3 is 6.61 Å². The maximum atomic E-state index is 13.7. The van der Waals surface area contributed by atoms with E-state index < -0.39 is 25.2 Å². The minimum absolute atomic E-state index is 0.0434. The van der Waals surface area contributed by atoms with Crippen LogP contribution in [0, 0.1) is 5.41 Å². The van der Waals surface area contributed by atoms with E-state index in [-0.39, 0.29) is 33.9 Å². The normalized spacial score (nSPS) is 14.8. The van der Waals surface area contributed by atoms with Gasteiger partial charge in [-0.15, -0.1) is 0 Å². The first-order chi connectivity index (χ1) is 17.7. The van der Waals surface area contributed by atoms with Crippen molar-refractivity contribution in [2.24, 2.45) is 0 Å². The fourth-order valence-corrected chi connectivity index (χ4v) is 3.63. The topological polar surface area (TPSA) is 102 Å². The number of hydrogen-bond acceptors (Lipinski definition) is 7. The van der Waals surface area contributed by atoms with E-state index in [1.165, 1.54) is 42.5 Å². The van der Waals surface area contributed by atoms with E-state index in [0.717, 1.165) is 4.68 Å². The summed E-state index contributed by atoms with van der Waals surface area (Å²) in [5.74, 6) is -0.245. The number of alkyl halides is 4. The maximum absolute atomic E-state index is 13.7. The van der Waals surface area contributed by atoms with Gasteiger partial charge in [0.15, 0.2) is 6.61 Å². The molecule has 4 rings (SSSR count). The Morgan fingerprint density at radius 3 is 2.49 bits per heavy atom. The summed E-state index contributed by atoms with van der Waals surface area (Å²) in [5.41, 5.74) is 1.92. The van der Waals surface area contributed by atoms with Crippen molar-refractivity contribution in [1.29, 1.82) is 5.41 Å². The molecule has 0 saturated heterocycles. The largest absolute Gasteiger partial charge is 0.472 e. The highest BCUT2D eigenvalue weighted by atomic mass is 19.3. The van der Waals surface area contributed by atoms with Crippen molar-refractivity contribution in [2.45, 2.75) is 20.0 Å². The Morgan fingerprint density at radius 2 is 1.84 bits per heavy atom. The van der Waals surface area contributed by atoms with Crippen molar-refractivity contribution in [3.63, 3.8) is 0 Å². The number of fused-ring (bicyclic) bond motifs is 1. The molecule has 1 aliphatic rings. The van der Waals surface area contributed by atoms with Gasteiger partial charge in [0.25, 0.3) is 12.0 Å². The molecule has 192 valence electrons. The molecule has 0 aliphatic heterocycles. The number of halogens is 4. The van der Waals surface area contributed by atoms with Gasteiger partial charge in [-0.05, 0) is 48.9 Å². The Labute approximate surface area is 208 Å². The average Bonchev–Trinajstić information content (AvgIpc) is 2.87. The number of ether oxygens (including phenoxy) is 2. The molecule has 0 saturated carbocycles. The van der Waals surface area contributed by atoms with Crippen molar-refractivity contribution in [2.75, 3.05) is 13.7 Å². The molecule has 1 aliphatic carbocycles. The van der Waals surface area contributed by atoms with Crippen molar-refractivity contribution < 1.29 is 27.0 Å². The zero-order chi connectivity index (χ0) is 26.7. The van der Waals surface area contributed by atoms with Crippen LogP contribution in [-0.4, -0.2) is 47.2 Å². The second-order valence-corrected chi connectivity index (χ2v) is 7.82. The second kappa shape index (κ2) is 10.6. The summed E-state index contributed by atoms with van der Waals surface area (Å²) in [6.45, 7) is -2.12. The van der Waals surface area contributed by atoms with Gasteiger partial charge in [-0.2, -0.15) is 18.6 Å². The summed E-state index contributed by atoms with van der Waals surface area (Å²) in [6, 6.07) is 8.18. The molecule has 0 fully saturated rings. The molecular formula is C25H21F4N5O3. The standard InChI is InChI=1S/C25H21F4N5O3/c1-13(31-2)17-11-15(5-8-18(17)30)34-24(35)22(14-3-6-16(7-4-14)37-25(28)29)23-19(33-34)9-10-21(32-23)36-12-20(26)27/h3-11,20,25,30-31H,12H2,1-2H3/b17-13-,30-18?. The molecule has 1 aromatic carbocycles. The van der Waals surface area contributed by atoms with E-state index in [0.29, 0.717) is 22.5 Å². The third kappa shape index (κ3) is 5.52. The van der Waals surface area contributed by atoms with Gasteiger partial charge in [0.1, 0.15) is 16.8 Å². The van der Waals surface area contributed by atoms with Gasteiger partial charge in [0, 0.05) is 24.4 Å². The zero-order valence-corrected chi connectivity index (χ0v) is 19.6. The Kier molecular flexibility index (Phi) is 7.37. The molecule has 0 spiro atoms. The van der Waals surface area contributed by atoms with Gasteiger partial charge in [0.2, 0.25) is 5.88 Å². The van der Waals surface area contributed by atoms with Crippen molar-refractivity contribution in [1.82, 2.24) is 20.1 Å². The molecule has 0 amide bonds. The molecule has 8 nitrogen and oxygen atoms in total. The lowest BCUT2D eigenvalue weighted by Gasteiger charge is -2.17. The van der Waals surface area contributed by atoms with E-state index >= 15 is 0 Å². The summed E-state index contributed by atoms with van der Waals surface area (Å²) < 4.78 is 61.0. The molecule has 2 N–H and O–H groups in total. The van der Waals surface area contributed by atoms with Crippen LogP contribution in [0.5, 0.6) is 11.6 Å². The number of allylic oxidation sites excluding steroid dienone is 6. The molecule has 0 atom stereocenters. The Hall–Kier alpha value is -4.48. The predicted molar refractivity (Wildman–Crippen MR) is 130 cm³/mol. The number of aromatic nitrogens is 3. The first-order valence-electron chi connectivity index (χ1n) is 11.0. The Bertz CT molecular complexity index is 1490. The summed E-state index contributed by atoms with van der Waals surface area (Å²) in [6.07, 6.45) is 1.99. The summed E-state index contributed by atoms with van der Waals surface area (Å²) in [7, 11) is 1.71. The first kappa shape index (κ1) is 25.6. The van der Waals surface area contributed by atoms with E-state index in [2.05, 4.69) is 20.1 Å². The lowest BCUT2D eigenvalue weighted by Crippen LogP contribution is -2.25. The van der Waals surface area contributed by atoms with Gasteiger partial charge < -0.3 is 20.2 Å². The van der Waals surface area contributed by atoms with E-state index in [4.69, 9.17) is 10.1 Å². The minimum atomic E-state index is -3.02. The fraction of sp³-hybridized carbons (Fsp3) is 0.200. The third-order valence-corrected chi connectivity index (χ3v) is 5.45. The van der Waals surface area contributed by atoms with Crippen LogP contribution in [0.15, 0.2) is 70.7 Å². The lowest BCUT2D eigenvalue weighted by molar-refractivity contribution is -0.0498. The predicted octanol–water partition coefficient (Wildman–Crippen LogP) is 4.63. The van der Waals surface area contributed by atoms with Gasteiger partial charge in [-0.3, -0.25) is 4.79 Å². The van der Waals surface area contributed by atoms with Gasteiger partial charge in [-0.1, -0.05) is 12.1 Å². The number of benzene rings is 1. The molecule has 37 heavy (non-hydrogen) atoms. The van der Waals surface area contributed by atoms with Crippen LogP contribution in [0.25, 0.3) is 27.9 Å². The molecule has 12 heteroatoms. The van der Waals surface area contributed by atoms with Crippen LogP contribution in [0.1, 0.15) is 6.92 Å². The van der Waals surface area contributed by atoms with Gasteiger partial charge in [-0.25, -0.2) is 13.8 Å². The lowest BCUT2D eigenvalue weighted by atomic mass is 10.0. The first-order valence-corrected chi connectivity index (χ1v) is 11.0. The number of hydrogen-bond donors (Lipinski definition) is 2. The van der Waals surface area contributed by atoms with E-state index in [1.807, 2.05) is 0 Å². The monoisotopic (exact) mass is 515 g/mol. The minimum Gasteiger partial charge on any atom is -0.472 e. The number of pyridine rings is 1. The van der Waals surface area contributed by atoms with Crippen molar-refractivity contribution in [3.05, 3.63) is 76.3 Å². The summed E-state index contributed by atoms with van der Waals surface area (Å²) >= 11 is 0. The molecule has 2 heterocycles. The highest BCUT2D eigenvalue weighted by Gasteiger charge is 2.20. The van der Waals surface area contributed by atoms with Crippen LogP contribution in [-0.2, 0) is 0 Å². The Morgan fingerprint density at radius 1 is 1.11 bits per heavy atom. The number of nitrogens with zero attached hydrogens (tertiary/aromatic N) is 3. The molecular weight excluding hydrogens is 494 g/mol. The summed E-state index contributed by atoms with van der Waals surface area (Å²) in [5, 5.41) is 15.6. The van der Waals surface area contributed by atoms with Crippen molar-refractivity contribution >= 4 is 22.4 Å². The highest BCUT2D eigenvalue weighted by Crippen LogP contribution is 2.28. The highest BCUT2D eigenvalue weighted by molar-refractivity contribution is 6.12. The maximum Gasteiger partial charge on any atom is 0.387 e. The van der Waals surface area contributed by atoms with Crippen LogP contribution >= 0.6 is 0 Å². The number of nitrogens with one attached hydrogen (secondary N) is 2. The zero-order valence-electron chi connectivity index (χ0n) is 19.6. The molecule has 0 unspecified atom stereocenters. The molecule has 2 aromatic heterocycles. The second-order valence-electron chi connectivity index (χ2n) is 7.82. The van der Waals surface area contributed by atoms with Gasteiger partial charge in [0.05, 0.1) is 17.0 Å². The van der Waals surface area contributed by atoms with E-state index in [1.54, 1.807) is 26.1 Å². The third-order valence-electron chi connectivity index (χ3n) is 5.45. The molecule has 0 bridgehead atoms.